The van der Waals surface area contributed by atoms with Crippen LogP contribution in [0, 0.1) is 6.92 Å². The highest BCUT2D eigenvalue weighted by Crippen LogP contribution is 2.16. The minimum absolute atomic E-state index is 0.622. The lowest BCUT2D eigenvalue weighted by atomic mass is 10.4. The van der Waals surface area contributed by atoms with Crippen molar-refractivity contribution in [3.8, 4) is 11.5 Å². The van der Waals surface area contributed by atoms with Gasteiger partial charge in [0.1, 0.15) is 12.0 Å². The summed E-state index contributed by atoms with van der Waals surface area (Å²) < 4.78 is 9.99. The Morgan fingerprint density at radius 3 is 2.82 bits per heavy atom. The van der Waals surface area contributed by atoms with E-state index in [1.165, 1.54) is 12.7 Å². The number of oxazole rings is 2. The Hall–Kier alpha value is -1.58. The molecule has 0 aliphatic carbocycles. The summed E-state index contributed by atoms with van der Waals surface area (Å²) >= 11 is 0. The summed E-state index contributed by atoms with van der Waals surface area (Å²) in [5, 5.41) is 0. The molecular weight excluding hydrogens is 144 g/mol. The van der Waals surface area contributed by atoms with Crippen LogP contribution in [-0.4, -0.2) is 9.97 Å². The third kappa shape index (κ3) is 1.02. The highest BCUT2D eigenvalue weighted by atomic mass is 16.4. The monoisotopic (exact) mass is 150 g/mol. The average Bonchev–Trinajstić information content (AvgIpc) is 2.55. The second-order valence-corrected chi connectivity index (χ2v) is 2.12. The van der Waals surface area contributed by atoms with E-state index in [2.05, 4.69) is 9.97 Å². The third-order valence-electron chi connectivity index (χ3n) is 1.30. The van der Waals surface area contributed by atoms with Crippen LogP contribution in [-0.2, 0) is 0 Å². The predicted octanol–water partition coefficient (Wildman–Crippen LogP) is 1.64. The molecule has 2 aromatic rings. The average molecular weight is 150 g/mol. The second-order valence-electron chi connectivity index (χ2n) is 2.12. The number of aryl methyl sites for hydroxylation is 1. The van der Waals surface area contributed by atoms with Gasteiger partial charge in [-0.25, -0.2) is 9.97 Å². The molecule has 0 spiro atoms. The Morgan fingerprint density at radius 2 is 2.27 bits per heavy atom. The van der Waals surface area contributed by atoms with Gasteiger partial charge < -0.3 is 8.83 Å². The fraction of sp³-hybridized carbons (Fsp3) is 0.143. The maximum Gasteiger partial charge on any atom is 0.191 e. The number of rotatable bonds is 1. The minimum Gasteiger partial charge on any atom is -0.449 e. The molecule has 0 saturated carbocycles. The molecule has 0 bridgehead atoms. The zero-order chi connectivity index (χ0) is 7.68. The minimum atomic E-state index is 0.622. The topological polar surface area (TPSA) is 52.1 Å². The van der Waals surface area contributed by atoms with E-state index in [0.717, 1.165) is 0 Å². The predicted molar refractivity (Wildman–Crippen MR) is 36.7 cm³/mol. The van der Waals surface area contributed by atoms with Crippen molar-refractivity contribution >= 4 is 0 Å². The van der Waals surface area contributed by atoms with Crippen molar-refractivity contribution in [1.29, 1.82) is 0 Å². The van der Waals surface area contributed by atoms with Crippen LogP contribution < -0.4 is 0 Å². The summed E-state index contributed by atoms with van der Waals surface area (Å²) in [6.45, 7) is 1.78. The van der Waals surface area contributed by atoms with Gasteiger partial charge in [-0.1, -0.05) is 0 Å². The van der Waals surface area contributed by atoms with E-state index in [1.54, 1.807) is 13.1 Å². The summed E-state index contributed by atoms with van der Waals surface area (Å²) in [6, 6.07) is 0. The molecule has 0 aromatic carbocycles. The molecule has 0 N–H and O–H groups in total. The van der Waals surface area contributed by atoms with Crippen molar-refractivity contribution in [3.63, 3.8) is 0 Å². The van der Waals surface area contributed by atoms with Crippen molar-refractivity contribution in [2.24, 2.45) is 0 Å². The van der Waals surface area contributed by atoms with Crippen LogP contribution in [0.3, 0.4) is 0 Å². The molecular formula is C7H6N2O2. The first-order valence-electron chi connectivity index (χ1n) is 3.17. The van der Waals surface area contributed by atoms with E-state index in [0.29, 0.717) is 17.3 Å². The Morgan fingerprint density at radius 1 is 1.36 bits per heavy atom. The Bertz CT molecular complexity index is 337. The summed E-state index contributed by atoms with van der Waals surface area (Å²) in [5.41, 5.74) is 0.681. The first-order valence-corrected chi connectivity index (χ1v) is 3.17. The van der Waals surface area contributed by atoms with Crippen molar-refractivity contribution in [3.05, 3.63) is 24.7 Å². The van der Waals surface area contributed by atoms with Gasteiger partial charge in [-0.3, -0.25) is 0 Å². The second kappa shape index (κ2) is 2.23. The van der Waals surface area contributed by atoms with Crippen molar-refractivity contribution in [2.45, 2.75) is 6.92 Å². The Balaban J connectivity index is 2.45. The number of nitrogens with zero attached hydrogens (tertiary/aromatic N) is 2. The molecule has 2 aromatic heterocycles. The van der Waals surface area contributed by atoms with Gasteiger partial charge in [0.2, 0.25) is 0 Å². The molecule has 4 heteroatoms. The van der Waals surface area contributed by atoms with Crippen molar-refractivity contribution < 1.29 is 8.83 Å². The van der Waals surface area contributed by atoms with Gasteiger partial charge in [0.05, 0.1) is 6.20 Å². The van der Waals surface area contributed by atoms with Crippen molar-refractivity contribution in [1.82, 2.24) is 9.97 Å². The zero-order valence-electron chi connectivity index (χ0n) is 5.94. The van der Waals surface area contributed by atoms with Crippen LogP contribution in [0.4, 0.5) is 0 Å². The molecule has 0 saturated heterocycles. The molecule has 56 valence electrons. The Labute approximate surface area is 62.9 Å². The quantitative estimate of drug-likeness (QED) is 0.620. The van der Waals surface area contributed by atoms with Gasteiger partial charge in [0.25, 0.3) is 0 Å². The summed E-state index contributed by atoms with van der Waals surface area (Å²) in [6.07, 6.45) is 4.49. The summed E-state index contributed by atoms with van der Waals surface area (Å²) in [7, 11) is 0. The number of hydrogen-bond donors (Lipinski definition) is 0. The van der Waals surface area contributed by atoms with Crippen LogP contribution in [0.15, 0.2) is 27.7 Å². The number of hydrogen-bond acceptors (Lipinski definition) is 4. The van der Waals surface area contributed by atoms with Gasteiger partial charge in [-0.2, -0.15) is 0 Å². The van der Waals surface area contributed by atoms with Crippen LogP contribution in [0.25, 0.3) is 11.5 Å². The summed E-state index contributed by atoms with van der Waals surface area (Å²) in [5.74, 6) is 1.25. The molecule has 0 atom stereocenters. The fourth-order valence-electron chi connectivity index (χ4n) is 0.819. The van der Waals surface area contributed by atoms with Gasteiger partial charge in [-0.05, 0) is 0 Å². The molecule has 4 nitrogen and oxygen atoms in total. The first-order chi connectivity index (χ1) is 5.36. The van der Waals surface area contributed by atoms with E-state index in [1.807, 2.05) is 0 Å². The van der Waals surface area contributed by atoms with Gasteiger partial charge >= 0.3 is 0 Å². The largest absolute Gasteiger partial charge is 0.449 e. The highest BCUT2D eigenvalue weighted by Gasteiger charge is 2.04. The van der Waals surface area contributed by atoms with Crippen LogP contribution >= 0.6 is 0 Å². The molecule has 2 rings (SSSR count). The molecule has 0 amide bonds. The van der Waals surface area contributed by atoms with Gasteiger partial charge in [0, 0.05) is 6.92 Å². The van der Waals surface area contributed by atoms with Crippen LogP contribution in [0.1, 0.15) is 5.89 Å². The zero-order valence-corrected chi connectivity index (χ0v) is 5.94. The molecule has 0 radical (unpaired) electrons. The van der Waals surface area contributed by atoms with Gasteiger partial charge in [-0.15, -0.1) is 0 Å². The van der Waals surface area contributed by atoms with Crippen LogP contribution in [0.5, 0.6) is 0 Å². The molecule has 0 unspecified atom stereocenters. The van der Waals surface area contributed by atoms with Gasteiger partial charge in [0.15, 0.2) is 18.0 Å². The standard InChI is InChI=1S/C7H6N2O2/c1-5-9-6(3-10-5)7-2-8-4-11-7/h2-4H,1H3. The highest BCUT2D eigenvalue weighted by molar-refractivity contribution is 5.47. The van der Waals surface area contributed by atoms with E-state index < -0.39 is 0 Å². The van der Waals surface area contributed by atoms with Crippen molar-refractivity contribution in [2.75, 3.05) is 0 Å². The van der Waals surface area contributed by atoms with E-state index in [-0.39, 0.29) is 0 Å². The van der Waals surface area contributed by atoms with Crippen LogP contribution in [0.2, 0.25) is 0 Å². The van der Waals surface area contributed by atoms with E-state index in [9.17, 15) is 0 Å². The maximum atomic E-state index is 5.00. The lowest BCUT2D eigenvalue weighted by Crippen LogP contribution is -1.72. The molecule has 11 heavy (non-hydrogen) atoms. The van der Waals surface area contributed by atoms with E-state index in [4.69, 9.17) is 8.83 Å². The third-order valence-corrected chi connectivity index (χ3v) is 1.30. The van der Waals surface area contributed by atoms with E-state index >= 15 is 0 Å². The fourth-order valence-corrected chi connectivity index (χ4v) is 0.819. The molecule has 0 aliphatic heterocycles. The maximum absolute atomic E-state index is 5.00. The number of aromatic nitrogens is 2. The Kier molecular flexibility index (Phi) is 1.25. The lowest BCUT2D eigenvalue weighted by molar-refractivity contribution is 0.521. The summed E-state index contributed by atoms with van der Waals surface area (Å²) in [4.78, 5) is 7.81. The smallest absolute Gasteiger partial charge is 0.191 e. The lowest BCUT2D eigenvalue weighted by Gasteiger charge is -1.81. The molecule has 0 fully saturated rings. The molecule has 0 aliphatic rings. The molecule has 2 heterocycles. The first kappa shape index (κ1) is 6.15. The normalized spacial score (nSPS) is 10.3. The SMILES string of the molecule is Cc1nc(-c2cnco2)co1.